The number of rotatable bonds is 2. The minimum absolute atomic E-state index is 0.0102. The van der Waals surface area contributed by atoms with Gasteiger partial charge in [0.05, 0.1) is 13.2 Å². The van der Waals surface area contributed by atoms with E-state index in [1.165, 1.54) is 0 Å². The van der Waals surface area contributed by atoms with Gasteiger partial charge in [0.1, 0.15) is 6.04 Å². The van der Waals surface area contributed by atoms with Crippen molar-refractivity contribution in [1.29, 1.82) is 0 Å². The average Bonchev–Trinajstić information content (AvgIpc) is 2.40. The Bertz CT molecular complexity index is 308. The fourth-order valence-corrected chi connectivity index (χ4v) is 2.37. The Morgan fingerprint density at radius 3 is 2.61 bits per heavy atom. The Hall–Kier alpha value is -1.14. The highest BCUT2D eigenvalue weighted by atomic mass is 16.5. The summed E-state index contributed by atoms with van der Waals surface area (Å²) in [5.74, 6) is 0.123. The van der Waals surface area contributed by atoms with Gasteiger partial charge in [0, 0.05) is 32.6 Å². The van der Waals surface area contributed by atoms with Crippen molar-refractivity contribution in [3.05, 3.63) is 0 Å². The molecule has 2 saturated heterocycles. The molecule has 2 fully saturated rings. The van der Waals surface area contributed by atoms with Gasteiger partial charge in [-0.25, -0.2) is 0 Å². The van der Waals surface area contributed by atoms with E-state index in [1.807, 2.05) is 4.90 Å². The largest absolute Gasteiger partial charge is 0.378 e. The van der Waals surface area contributed by atoms with Gasteiger partial charge in [-0.05, 0) is 12.8 Å². The molecule has 18 heavy (non-hydrogen) atoms. The van der Waals surface area contributed by atoms with Gasteiger partial charge in [-0.2, -0.15) is 0 Å². The van der Waals surface area contributed by atoms with Crippen LogP contribution >= 0.6 is 0 Å². The number of hydrogen-bond donors (Lipinski definition) is 2. The van der Waals surface area contributed by atoms with Crippen LogP contribution in [0.4, 0.5) is 0 Å². The number of hydrogen-bond acceptors (Lipinski definition) is 4. The molecule has 2 aliphatic rings. The topological polar surface area (TPSA) is 70.7 Å². The molecule has 0 bridgehead atoms. The Kier molecular flexibility index (Phi) is 4.54. The molecule has 6 heteroatoms. The quantitative estimate of drug-likeness (QED) is 0.671. The smallest absolute Gasteiger partial charge is 0.239 e. The van der Waals surface area contributed by atoms with Gasteiger partial charge >= 0.3 is 0 Å². The number of amides is 2. The molecule has 2 aliphatic heterocycles. The number of piperidine rings is 1. The highest BCUT2D eigenvalue weighted by molar-refractivity contribution is 5.82. The molecule has 0 aliphatic carbocycles. The van der Waals surface area contributed by atoms with Gasteiger partial charge in [-0.1, -0.05) is 0 Å². The first-order valence-corrected chi connectivity index (χ1v) is 6.54. The van der Waals surface area contributed by atoms with E-state index in [1.54, 1.807) is 6.92 Å². The predicted octanol–water partition coefficient (Wildman–Crippen LogP) is -0.898. The van der Waals surface area contributed by atoms with Crippen LogP contribution in [-0.2, 0) is 14.3 Å². The highest BCUT2D eigenvalue weighted by Gasteiger charge is 2.26. The number of carbonyl (C=O) groups is 2. The lowest BCUT2D eigenvalue weighted by Crippen LogP contribution is -2.55. The van der Waals surface area contributed by atoms with E-state index in [0.717, 1.165) is 32.5 Å². The van der Waals surface area contributed by atoms with Gasteiger partial charge in [0.2, 0.25) is 11.8 Å². The molecule has 2 heterocycles. The molecular formula is C12H21N3O3. The first-order chi connectivity index (χ1) is 8.66. The highest BCUT2D eigenvalue weighted by Crippen LogP contribution is 2.10. The summed E-state index contributed by atoms with van der Waals surface area (Å²) in [5, 5.41) is 6.16. The maximum atomic E-state index is 11.9. The van der Waals surface area contributed by atoms with Gasteiger partial charge in [0.15, 0.2) is 0 Å². The van der Waals surface area contributed by atoms with Gasteiger partial charge in [-0.15, -0.1) is 0 Å². The Morgan fingerprint density at radius 2 is 2.06 bits per heavy atom. The molecule has 2 amide bonds. The van der Waals surface area contributed by atoms with Gasteiger partial charge in [0.25, 0.3) is 0 Å². The molecule has 102 valence electrons. The summed E-state index contributed by atoms with van der Waals surface area (Å²) in [6.07, 6.45) is 1.66. The maximum Gasteiger partial charge on any atom is 0.239 e. The second-order valence-electron chi connectivity index (χ2n) is 4.87. The van der Waals surface area contributed by atoms with Crippen LogP contribution in [0.25, 0.3) is 0 Å². The molecule has 0 saturated carbocycles. The molecule has 0 radical (unpaired) electrons. The third-order valence-electron chi connectivity index (χ3n) is 3.52. The van der Waals surface area contributed by atoms with E-state index in [0.29, 0.717) is 13.2 Å². The summed E-state index contributed by atoms with van der Waals surface area (Å²) in [6, 6.07) is -0.0542. The molecule has 0 aromatic carbocycles. The van der Waals surface area contributed by atoms with Crippen molar-refractivity contribution < 1.29 is 14.3 Å². The van der Waals surface area contributed by atoms with Crippen LogP contribution in [0.1, 0.15) is 19.8 Å². The van der Waals surface area contributed by atoms with Crippen molar-refractivity contribution in [1.82, 2.24) is 15.5 Å². The van der Waals surface area contributed by atoms with E-state index >= 15 is 0 Å². The molecule has 0 spiro atoms. The number of ether oxygens (including phenoxy) is 1. The van der Waals surface area contributed by atoms with Crippen molar-refractivity contribution in [2.24, 2.45) is 0 Å². The Balaban J connectivity index is 1.73. The van der Waals surface area contributed by atoms with E-state index < -0.39 is 0 Å². The number of carbonyl (C=O) groups excluding carboxylic acids is 2. The third-order valence-corrected chi connectivity index (χ3v) is 3.52. The van der Waals surface area contributed by atoms with Crippen molar-refractivity contribution in [3.8, 4) is 0 Å². The summed E-state index contributed by atoms with van der Waals surface area (Å²) in [7, 11) is 0. The normalized spacial score (nSPS) is 25.8. The van der Waals surface area contributed by atoms with Crippen molar-refractivity contribution in [2.45, 2.75) is 31.8 Å². The van der Waals surface area contributed by atoms with Crippen LogP contribution < -0.4 is 10.6 Å². The Labute approximate surface area is 107 Å². The van der Waals surface area contributed by atoms with Crippen LogP contribution in [0.15, 0.2) is 0 Å². The van der Waals surface area contributed by atoms with Crippen molar-refractivity contribution in [2.75, 3.05) is 32.8 Å². The second kappa shape index (κ2) is 6.15. The summed E-state index contributed by atoms with van der Waals surface area (Å²) in [5.41, 5.74) is 0. The average molecular weight is 255 g/mol. The minimum Gasteiger partial charge on any atom is -0.378 e. The monoisotopic (exact) mass is 255 g/mol. The standard InChI is InChI=1S/C12H21N3O3/c1-9(16)15-5-2-10(3-6-15)14-12(17)11-8-18-7-4-13-11/h10-11,13H,2-8H2,1H3,(H,14,17). The van der Waals surface area contributed by atoms with Crippen LogP contribution in [0.5, 0.6) is 0 Å². The van der Waals surface area contributed by atoms with E-state index in [2.05, 4.69) is 10.6 Å². The minimum atomic E-state index is -0.232. The summed E-state index contributed by atoms with van der Waals surface area (Å²) < 4.78 is 5.26. The zero-order chi connectivity index (χ0) is 13.0. The van der Waals surface area contributed by atoms with Crippen molar-refractivity contribution in [3.63, 3.8) is 0 Å². The van der Waals surface area contributed by atoms with Crippen LogP contribution in [0.3, 0.4) is 0 Å². The predicted molar refractivity (Wildman–Crippen MR) is 66.0 cm³/mol. The number of nitrogens with one attached hydrogen (secondary N) is 2. The van der Waals surface area contributed by atoms with E-state index in [4.69, 9.17) is 4.74 Å². The number of nitrogens with zero attached hydrogens (tertiary/aromatic N) is 1. The number of morpholine rings is 1. The summed E-state index contributed by atoms with van der Waals surface area (Å²) in [6.45, 7) is 4.88. The fraction of sp³-hybridized carbons (Fsp3) is 0.833. The molecule has 2 N–H and O–H groups in total. The fourth-order valence-electron chi connectivity index (χ4n) is 2.37. The van der Waals surface area contributed by atoms with Gasteiger partial charge in [-0.3, -0.25) is 9.59 Å². The zero-order valence-corrected chi connectivity index (χ0v) is 10.8. The molecule has 0 aromatic heterocycles. The van der Waals surface area contributed by atoms with E-state index in [9.17, 15) is 9.59 Å². The lowest BCUT2D eigenvalue weighted by molar-refractivity contribution is -0.130. The lowest BCUT2D eigenvalue weighted by Gasteiger charge is -2.33. The first-order valence-electron chi connectivity index (χ1n) is 6.54. The Morgan fingerprint density at radius 1 is 1.33 bits per heavy atom. The molecule has 6 nitrogen and oxygen atoms in total. The van der Waals surface area contributed by atoms with Crippen LogP contribution in [-0.4, -0.2) is 61.6 Å². The summed E-state index contributed by atoms with van der Waals surface area (Å²) >= 11 is 0. The second-order valence-corrected chi connectivity index (χ2v) is 4.87. The SMILES string of the molecule is CC(=O)N1CCC(NC(=O)C2COCCN2)CC1. The van der Waals surface area contributed by atoms with Gasteiger partial charge < -0.3 is 20.3 Å². The summed E-state index contributed by atoms with van der Waals surface area (Å²) in [4.78, 5) is 25.0. The van der Waals surface area contributed by atoms with E-state index in [-0.39, 0.29) is 23.9 Å². The maximum absolute atomic E-state index is 11.9. The molecule has 1 unspecified atom stereocenters. The molecule has 2 rings (SSSR count). The molecule has 1 atom stereocenters. The third kappa shape index (κ3) is 3.43. The molecule has 0 aromatic rings. The van der Waals surface area contributed by atoms with Crippen LogP contribution in [0, 0.1) is 0 Å². The first kappa shape index (κ1) is 13.3. The zero-order valence-electron chi connectivity index (χ0n) is 10.8. The van der Waals surface area contributed by atoms with Crippen molar-refractivity contribution >= 4 is 11.8 Å². The van der Waals surface area contributed by atoms with Crippen LogP contribution in [0.2, 0.25) is 0 Å². The molecular weight excluding hydrogens is 234 g/mol. The lowest BCUT2D eigenvalue weighted by atomic mass is 10.0. The number of likely N-dealkylation sites (tertiary alicyclic amines) is 1.